The lowest BCUT2D eigenvalue weighted by molar-refractivity contribution is 0.0264. The van der Waals surface area contributed by atoms with Gasteiger partial charge in [0, 0.05) is 44.9 Å². The largest absolute Gasteiger partial charge is 0.386 e. The molecular formula is C16H20N6O2. The van der Waals surface area contributed by atoms with Crippen molar-refractivity contribution in [1.29, 1.82) is 0 Å². The molecule has 3 rings (SSSR count). The monoisotopic (exact) mass is 328 g/mol. The number of amides is 1. The molecule has 3 heterocycles. The quantitative estimate of drug-likeness (QED) is 0.861. The summed E-state index contributed by atoms with van der Waals surface area (Å²) in [5, 5.41) is 10.8. The number of aliphatic hydroxyl groups is 1. The molecule has 126 valence electrons. The van der Waals surface area contributed by atoms with E-state index in [9.17, 15) is 9.90 Å². The minimum absolute atomic E-state index is 0.207. The fourth-order valence-electron chi connectivity index (χ4n) is 2.87. The van der Waals surface area contributed by atoms with Crippen LogP contribution in [0.1, 0.15) is 22.6 Å². The Labute approximate surface area is 140 Å². The van der Waals surface area contributed by atoms with E-state index in [0.29, 0.717) is 30.9 Å². The predicted molar refractivity (Wildman–Crippen MR) is 87.5 cm³/mol. The van der Waals surface area contributed by atoms with Crippen molar-refractivity contribution < 1.29 is 9.90 Å². The first-order valence-corrected chi connectivity index (χ1v) is 7.74. The fourth-order valence-corrected chi connectivity index (χ4v) is 2.87. The Morgan fingerprint density at radius 3 is 2.71 bits per heavy atom. The Hall–Kier alpha value is -2.61. The lowest BCUT2D eigenvalue weighted by atomic mass is 10.0. The van der Waals surface area contributed by atoms with Crippen LogP contribution in [-0.2, 0) is 0 Å². The molecule has 1 atom stereocenters. The summed E-state index contributed by atoms with van der Waals surface area (Å²) in [6.45, 7) is 3.08. The number of carbonyl (C=O) groups is 1. The first kappa shape index (κ1) is 16.3. The zero-order chi connectivity index (χ0) is 17.2. The molecule has 1 aliphatic heterocycles. The number of β-amino-alcohol motifs (C(OH)–C–C–N with tert-alkyl or cyclic N) is 1. The lowest BCUT2D eigenvalue weighted by Gasteiger charge is -2.29. The normalized spacial score (nSPS) is 20.2. The molecule has 1 amide bonds. The molecule has 0 saturated carbocycles. The first-order valence-electron chi connectivity index (χ1n) is 7.74. The van der Waals surface area contributed by atoms with Crippen LogP contribution in [0.3, 0.4) is 0 Å². The van der Waals surface area contributed by atoms with E-state index >= 15 is 0 Å². The number of anilines is 1. The topological polar surface area (TPSA) is 95.3 Å². The maximum Gasteiger partial charge on any atom is 0.256 e. The molecule has 2 aromatic rings. The molecule has 1 saturated heterocycles. The van der Waals surface area contributed by atoms with E-state index < -0.39 is 5.60 Å². The van der Waals surface area contributed by atoms with Gasteiger partial charge in [0.25, 0.3) is 5.91 Å². The highest BCUT2D eigenvalue weighted by atomic mass is 16.3. The van der Waals surface area contributed by atoms with Crippen molar-refractivity contribution in [2.75, 3.05) is 31.6 Å². The van der Waals surface area contributed by atoms with E-state index in [1.54, 1.807) is 32.6 Å². The standard InChI is InChI=1S/C16H20N6O2/c1-12-19-7-13(8-20-12)15(23)21(2)10-16(24)3-6-22(11-16)14-9-17-4-5-18-14/h4-5,7-9,24H,3,6,10-11H2,1-2H3/t16-/m0/s1. The SMILES string of the molecule is Cc1ncc(C(=O)N(C)C[C@@]2(O)CCN(c3cnccn3)C2)cn1. The lowest BCUT2D eigenvalue weighted by Crippen LogP contribution is -2.46. The molecule has 1 N–H and O–H groups in total. The van der Waals surface area contributed by atoms with Gasteiger partial charge in [-0.3, -0.25) is 9.78 Å². The molecule has 0 spiro atoms. The fraction of sp³-hybridized carbons (Fsp3) is 0.438. The average Bonchev–Trinajstić information content (AvgIpc) is 2.97. The van der Waals surface area contributed by atoms with Crippen LogP contribution in [0.5, 0.6) is 0 Å². The Morgan fingerprint density at radius 2 is 2.04 bits per heavy atom. The summed E-state index contributed by atoms with van der Waals surface area (Å²) in [5.74, 6) is 1.14. The van der Waals surface area contributed by atoms with Gasteiger partial charge in [-0.1, -0.05) is 0 Å². The van der Waals surface area contributed by atoms with Crippen LogP contribution in [-0.4, -0.2) is 68.1 Å². The van der Waals surface area contributed by atoms with Gasteiger partial charge >= 0.3 is 0 Å². The molecule has 0 aliphatic carbocycles. The smallest absolute Gasteiger partial charge is 0.256 e. The number of aromatic nitrogens is 4. The average molecular weight is 328 g/mol. The van der Waals surface area contributed by atoms with Crippen molar-refractivity contribution in [1.82, 2.24) is 24.8 Å². The third kappa shape index (κ3) is 3.48. The summed E-state index contributed by atoms with van der Waals surface area (Å²) < 4.78 is 0. The maximum atomic E-state index is 12.4. The molecule has 0 bridgehead atoms. The van der Waals surface area contributed by atoms with Crippen molar-refractivity contribution >= 4 is 11.7 Å². The van der Waals surface area contributed by atoms with Crippen LogP contribution in [0.25, 0.3) is 0 Å². The Bertz CT molecular complexity index is 708. The van der Waals surface area contributed by atoms with Gasteiger partial charge < -0.3 is 14.9 Å². The van der Waals surface area contributed by atoms with E-state index in [-0.39, 0.29) is 12.5 Å². The first-order chi connectivity index (χ1) is 11.5. The summed E-state index contributed by atoms with van der Waals surface area (Å²) in [5.41, 5.74) is -0.566. The van der Waals surface area contributed by atoms with Gasteiger partial charge in [-0.15, -0.1) is 0 Å². The van der Waals surface area contributed by atoms with Crippen molar-refractivity contribution in [3.05, 3.63) is 42.4 Å². The number of hydrogen-bond donors (Lipinski definition) is 1. The molecule has 0 aromatic carbocycles. The molecule has 8 nitrogen and oxygen atoms in total. The van der Waals surface area contributed by atoms with Gasteiger partial charge in [0.05, 0.1) is 18.3 Å². The summed E-state index contributed by atoms with van der Waals surface area (Å²) in [7, 11) is 1.67. The third-order valence-electron chi connectivity index (χ3n) is 4.11. The summed E-state index contributed by atoms with van der Waals surface area (Å²) in [6.07, 6.45) is 8.48. The van der Waals surface area contributed by atoms with Crippen molar-refractivity contribution in [2.45, 2.75) is 18.9 Å². The zero-order valence-corrected chi connectivity index (χ0v) is 13.8. The minimum Gasteiger partial charge on any atom is -0.386 e. The Morgan fingerprint density at radius 1 is 1.29 bits per heavy atom. The zero-order valence-electron chi connectivity index (χ0n) is 13.8. The van der Waals surface area contributed by atoms with Crippen LogP contribution in [0.4, 0.5) is 5.82 Å². The van der Waals surface area contributed by atoms with Gasteiger partial charge in [-0.2, -0.15) is 0 Å². The number of rotatable bonds is 4. The van der Waals surface area contributed by atoms with Gasteiger partial charge in [0.2, 0.25) is 0 Å². The Balaban J connectivity index is 1.64. The van der Waals surface area contributed by atoms with E-state index in [1.807, 2.05) is 4.90 Å². The van der Waals surface area contributed by atoms with Crippen LogP contribution >= 0.6 is 0 Å². The van der Waals surface area contributed by atoms with Gasteiger partial charge in [0.15, 0.2) is 0 Å². The van der Waals surface area contributed by atoms with E-state index in [0.717, 1.165) is 5.82 Å². The molecule has 0 unspecified atom stereocenters. The highest BCUT2D eigenvalue weighted by molar-refractivity contribution is 5.93. The van der Waals surface area contributed by atoms with E-state index in [1.165, 1.54) is 17.3 Å². The number of nitrogens with zero attached hydrogens (tertiary/aromatic N) is 6. The summed E-state index contributed by atoms with van der Waals surface area (Å²) in [4.78, 5) is 32.3. The van der Waals surface area contributed by atoms with E-state index in [4.69, 9.17) is 0 Å². The highest BCUT2D eigenvalue weighted by Gasteiger charge is 2.38. The van der Waals surface area contributed by atoms with Crippen molar-refractivity contribution in [3.63, 3.8) is 0 Å². The second kappa shape index (κ2) is 6.48. The van der Waals surface area contributed by atoms with Gasteiger partial charge in [-0.05, 0) is 13.3 Å². The molecule has 24 heavy (non-hydrogen) atoms. The van der Waals surface area contributed by atoms with Crippen molar-refractivity contribution in [2.24, 2.45) is 0 Å². The number of aryl methyl sites for hydroxylation is 1. The second-order valence-corrected chi connectivity index (χ2v) is 6.14. The molecule has 1 aliphatic rings. The molecule has 0 radical (unpaired) electrons. The number of hydrogen-bond acceptors (Lipinski definition) is 7. The summed E-state index contributed by atoms with van der Waals surface area (Å²) in [6, 6.07) is 0. The maximum absolute atomic E-state index is 12.4. The van der Waals surface area contributed by atoms with Crippen LogP contribution in [0.15, 0.2) is 31.0 Å². The summed E-state index contributed by atoms with van der Waals surface area (Å²) >= 11 is 0. The second-order valence-electron chi connectivity index (χ2n) is 6.14. The molecule has 1 fully saturated rings. The molecular weight excluding hydrogens is 308 g/mol. The van der Waals surface area contributed by atoms with Gasteiger partial charge in [0.1, 0.15) is 17.2 Å². The van der Waals surface area contributed by atoms with E-state index in [2.05, 4.69) is 19.9 Å². The Kier molecular flexibility index (Phi) is 4.39. The molecule has 2 aromatic heterocycles. The minimum atomic E-state index is -0.979. The van der Waals surface area contributed by atoms with Crippen LogP contribution in [0.2, 0.25) is 0 Å². The predicted octanol–water partition coefficient (Wildman–Crippen LogP) is 0.288. The van der Waals surface area contributed by atoms with Crippen LogP contribution < -0.4 is 4.90 Å². The third-order valence-corrected chi connectivity index (χ3v) is 4.11. The highest BCUT2D eigenvalue weighted by Crippen LogP contribution is 2.26. The van der Waals surface area contributed by atoms with Crippen LogP contribution in [0, 0.1) is 6.92 Å². The van der Waals surface area contributed by atoms with Gasteiger partial charge in [-0.25, -0.2) is 15.0 Å². The number of carbonyl (C=O) groups excluding carboxylic acids is 1. The number of likely N-dealkylation sites (N-methyl/N-ethyl adjacent to an activating group) is 1. The van der Waals surface area contributed by atoms with Crippen molar-refractivity contribution in [3.8, 4) is 0 Å². The molecule has 8 heteroatoms.